The number of aliphatic hydroxyl groups is 1. The second-order valence-corrected chi connectivity index (χ2v) is 4.59. The summed E-state index contributed by atoms with van der Waals surface area (Å²) in [4.78, 5) is 2.41. The highest BCUT2D eigenvalue weighted by Gasteiger charge is 2.12. The molecule has 1 aliphatic rings. The molecular formula is C14H21NO. The van der Waals surface area contributed by atoms with Crippen LogP contribution in [-0.4, -0.2) is 18.2 Å². The van der Waals surface area contributed by atoms with Crippen LogP contribution in [0.25, 0.3) is 0 Å². The molecule has 2 heteroatoms. The van der Waals surface area contributed by atoms with Gasteiger partial charge in [0.1, 0.15) is 0 Å². The lowest BCUT2D eigenvalue weighted by Gasteiger charge is -2.18. The van der Waals surface area contributed by atoms with Gasteiger partial charge in [0.05, 0.1) is 6.10 Å². The molecule has 1 atom stereocenters. The summed E-state index contributed by atoms with van der Waals surface area (Å²) in [5.41, 5.74) is 2.34. The van der Waals surface area contributed by atoms with Crippen molar-refractivity contribution in [2.75, 3.05) is 18.0 Å². The SMILES string of the molecule is CCCC(O)c1ccc(N2CCCC2)cc1. The third-order valence-corrected chi connectivity index (χ3v) is 3.31. The number of hydrogen-bond acceptors (Lipinski definition) is 2. The fraction of sp³-hybridized carbons (Fsp3) is 0.571. The standard InChI is InChI=1S/C14H21NO/c1-2-5-14(16)12-6-8-13(9-7-12)15-10-3-4-11-15/h6-9,14,16H,2-5,10-11H2,1H3. The van der Waals surface area contributed by atoms with Crippen LogP contribution in [0.1, 0.15) is 44.3 Å². The second kappa shape index (κ2) is 5.35. The molecule has 1 N–H and O–H groups in total. The molecule has 1 fully saturated rings. The average Bonchev–Trinajstić information content (AvgIpc) is 2.83. The molecule has 2 rings (SSSR count). The molecule has 0 bridgehead atoms. The van der Waals surface area contributed by atoms with Crippen molar-refractivity contribution in [3.63, 3.8) is 0 Å². The van der Waals surface area contributed by atoms with Gasteiger partial charge >= 0.3 is 0 Å². The van der Waals surface area contributed by atoms with Crippen molar-refractivity contribution in [1.82, 2.24) is 0 Å². The van der Waals surface area contributed by atoms with E-state index in [1.807, 2.05) is 0 Å². The highest BCUT2D eigenvalue weighted by atomic mass is 16.3. The van der Waals surface area contributed by atoms with E-state index in [2.05, 4.69) is 36.1 Å². The predicted octanol–water partition coefficient (Wildman–Crippen LogP) is 3.12. The summed E-state index contributed by atoms with van der Waals surface area (Å²) >= 11 is 0. The van der Waals surface area contributed by atoms with Gasteiger partial charge in [-0.2, -0.15) is 0 Å². The molecule has 16 heavy (non-hydrogen) atoms. The van der Waals surface area contributed by atoms with Gasteiger partial charge in [0.15, 0.2) is 0 Å². The average molecular weight is 219 g/mol. The molecule has 1 unspecified atom stereocenters. The summed E-state index contributed by atoms with van der Waals surface area (Å²) in [6.45, 7) is 4.45. The molecule has 1 aromatic carbocycles. The van der Waals surface area contributed by atoms with Crippen LogP contribution in [0.2, 0.25) is 0 Å². The number of hydrogen-bond donors (Lipinski definition) is 1. The Balaban J connectivity index is 2.03. The lowest BCUT2D eigenvalue weighted by Crippen LogP contribution is -2.17. The van der Waals surface area contributed by atoms with Crippen LogP contribution in [0.3, 0.4) is 0 Å². The molecule has 88 valence electrons. The molecule has 0 amide bonds. The number of benzene rings is 1. The van der Waals surface area contributed by atoms with Crippen molar-refractivity contribution in [3.05, 3.63) is 29.8 Å². The van der Waals surface area contributed by atoms with E-state index in [0.29, 0.717) is 0 Å². The van der Waals surface area contributed by atoms with Gasteiger partial charge in [0, 0.05) is 18.8 Å². The van der Waals surface area contributed by atoms with Crippen molar-refractivity contribution in [3.8, 4) is 0 Å². The van der Waals surface area contributed by atoms with E-state index in [4.69, 9.17) is 0 Å². The van der Waals surface area contributed by atoms with Gasteiger partial charge in [-0.3, -0.25) is 0 Å². The predicted molar refractivity (Wildman–Crippen MR) is 67.8 cm³/mol. The third kappa shape index (κ3) is 2.56. The minimum Gasteiger partial charge on any atom is -0.388 e. The van der Waals surface area contributed by atoms with E-state index in [1.54, 1.807) is 0 Å². The lowest BCUT2D eigenvalue weighted by molar-refractivity contribution is 0.166. The van der Waals surface area contributed by atoms with Crippen molar-refractivity contribution < 1.29 is 5.11 Å². The Hall–Kier alpha value is -1.02. The monoisotopic (exact) mass is 219 g/mol. The van der Waals surface area contributed by atoms with E-state index in [9.17, 15) is 5.11 Å². The van der Waals surface area contributed by atoms with Gasteiger partial charge in [-0.05, 0) is 37.0 Å². The lowest BCUT2D eigenvalue weighted by atomic mass is 10.0. The largest absolute Gasteiger partial charge is 0.388 e. The second-order valence-electron chi connectivity index (χ2n) is 4.59. The maximum atomic E-state index is 9.86. The highest BCUT2D eigenvalue weighted by Crippen LogP contribution is 2.24. The molecular weight excluding hydrogens is 198 g/mol. The fourth-order valence-corrected chi connectivity index (χ4v) is 2.32. The van der Waals surface area contributed by atoms with Crippen molar-refractivity contribution in [1.29, 1.82) is 0 Å². The Labute approximate surface area is 97.9 Å². The minimum atomic E-state index is -0.294. The Kier molecular flexibility index (Phi) is 3.83. The van der Waals surface area contributed by atoms with Gasteiger partial charge in [0.2, 0.25) is 0 Å². The highest BCUT2D eigenvalue weighted by molar-refractivity contribution is 5.48. The molecule has 1 heterocycles. The summed E-state index contributed by atoms with van der Waals surface area (Å²) < 4.78 is 0. The van der Waals surface area contributed by atoms with Crippen LogP contribution in [0.5, 0.6) is 0 Å². The normalized spacial score (nSPS) is 17.8. The molecule has 0 saturated carbocycles. The zero-order valence-electron chi connectivity index (χ0n) is 10.0. The van der Waals surface area contributed by atoms with Crippen molar-refractivity contribution in [2.45, 2.75) is 38.7 Å². The van der Waals surface area contributed by atoms with E-state index in [-0.39, 0.29) is 6.10 Å². The third-order valence-electron chi connectivity index (χ3n) is 3.31. The van der Waals surface area contributed by atoms with Gasteiger partial charge in [0.25, 0.3) is 0 Å². The molecule has 0 radical (unpaired) electrons. The smallest absolute Gasteiger partial charge is 0.0790 e. The van der Waals surface area contributed by atoms with Gasteiger partial charge < -0.3 is 10.0 Å². The molecule has 1 aliphatic heterocycles. The Bertz CT molecular complexity index is 314. The molecule has 0 aliphatic carbocycles. The van der Waals surface area contributed by atoms with Crippen molar-refractivity contribution in [2.24, 2.45) is 0 Å². The Morgan fingerprint density at radius 3 is 2.38 bits per heavy atom. The summed E-state index contributed by atoms with van der Waals surface area (Å²) in [5.74, 6) is 0. The molecule has 0 aromatic heterocycles. The van der Waals surface area contributed by atoms with Crippen LogP contribution >= 0.6 is 0 Å². The molecule has 1 saturated heterocycles. The number of anilines is 1. The van der Waals surface area contributed by atoms with Crippen LogP contribution in [0, 0.1) is 0 Å². The number of nitrogens with zero attached hydrogens (tertiary/aromatic N) is 1. The first-order valence-electron chi connectivity index (χ1n) is 6.34. The van der Waals surface area contributed by atoms with Crippen LogP contribution in [0.4, 0.5) is 5.69 Å². The first-order valence-corrected chi connectivity index (χ1v) is 6.34. The van der Waals surface area contributed by atoms with Crippen LogP contribution in [0.15, 0.2) is 24.3 Å². The van der Waals surface area contributed by atoms with Gasteiger partial charge in [-0.1, -0.05) is 25.5 Å². The minimum absolute atomic E-state index is 0.294. The maximum Gasteiger partial charge on any atom is 0.0790 e. The van der Waals surface area contributed by atoms with E-state index in [0.717, 1.165) is 18.4 Å². The number of rotatable bonds is 4. The van der Waals surface area contributed by atoms with Gasteiger partial charge in [-0.25, -0.2) is 0 Å². The quantitative estimate of drug-likeness (QED) is 0.841. The van der Waals surface area contributed by atoms with Crippen molar-refractivity contribution >= 4 is 5.69 Å². The Morgan fingerprint density at radius 2 is 1.81 bits per heavy atom. The molecule has 2 nitrogen and oxygen atoms in total. The molecule has 0 spiro atoms. The first kappa shape index (κ1) is 11.5. The summed E-state index contributed by atoms with van der Waals surface area (Å²) in [6.07, 6.45) is 4.19. The summed E-state index contributed by atoms with van der Waals surface area (Å²) in [5, 5.41) is 9.86. The summed E-state index contributed by atoms with van der Waals surface area (Å²) in [6, 6.07) is 8.40. The first-order chi connectivity index (χ1) is 7.81. The Morgan fingerprint density at radius 1 is 1.19 bits per heavy atom. The van der Waals surface area contributed by atoms with E-state index < -0.39 is 0 Å². The van der Waals surface area contributed by atoms with Gasteiger partial charge in [-0.15, -0.1) is 0 Å². The maximum absolute atomic E-state index is 9.86. The zero-order valence-corrected chi connectivity index (χ0v) is 10.0. The van der Waals surface area contributed by atoms with Crippen LogP contribution < -0.4 is 4.90 Å². The van der Waals surface area contributed by atoms with E-state index >= 15 is 0 Å². The summed E-state index contributed by atoms with van der Waals surface area (Å²) in [7, 11) is 0. The van der Waals surface area contributed by atoms with E-state index in [1.165, 1.54) is 31.6 Å². The van der Waals surface area contributed by atoms with Crippen LogP contribution in [-0.2, 0) is 0 Å². The fourth-order valence-electron chi connectivity index (χ4n) is 2.32. The number of aliphatic hydroxyl groups excluding tert-OH is 1. The topological polar surface area (TPSA) is 23.5 Å². The molecule has 1 aromatic rings. The zero-order chi connectivity index (χ0) is 11.4.